The molecule has 0 bridgehead atoms. The van der Waals surface area contributed by atoms with E-state index in [9.17, 15) is 14.4 Å². The number of nitrogens with zero attached hydrogens (tertiary/aromatic N) is 1. The average molecular weight is 365 g/mol. The monoisotopic (exact) mass is 365 g/mol. The fourth-order valence-corrected chi connectivity index (χ4v) is 2.31. The molecule has 4 amide bonds. The average Bonchev–Trinajstić information content (AvgIpc) is 2.46. The van der Waals surface area contributed by atoms with Crippen LogP contribution in [-0.4, -0.2) is 35.4 Å². The minimum atomic E-state index is -1.01. The van der Waals surface area contributed by atoms with E-state index < -0.39 is 30.4 Å². The number of hydrazine groups is 1. The van der Waals surface area contributed by atoms with Gasteiger partial charge in [0.15, 0.2) is 0 Å². The van der Waals surface area contributed by atoms with Crippen LogP contribution in [0.25, 0.3) is 0 Å². The zero-order chi connectivity index (χ0) is 20.0. The summed E-state index contributed by atoms with van der Waals surface area (Å²) in [6.45, 7) is 12.2. The highest BCUT2D eigenvalue weighted by Crippen LogP contribution is 2.22. The van der Waals surface area contributed by atoms with Crippen molar-refractivity contribution in [3.8, 4) is 0 Å². The van der Waals surface area contributed by atoms with Gasteiger partial charge in [-0.3, -0.25) is 0 Å². The molecule has 0 radical (unpaired) electrons. The van der Waals surface area contributed by atoms with Crippen molar-refractivity contribution in [3.05, 3.63) is 28.8 Å². The molecular weight excluding hydrogens is 338 g/mol. The van der Waals surface area contributed by atoms with Crippen LogP contribution in [0.2, 0.25) is 0 Å². The molecule has 0 aliphatic rings. The van der Waals surface area contributed by atoms with Crippen LogP contribution in [0.1, 0.15) is 44.4 Å². The van der Waals surface area contributed by atoms with Crippen molar-refractivity contribution in [1.29, 1.82) is 0 Å². The molecule has 26 heavy (non-hydrogen) atoms. The first kappa shape index (κ1) is 21.3. The lowest BCUT2D eigenvalue weighted by molar-refractivity contribution is 0.0602. The van der Waals surface area contributed by atoms with Gasteiger partial charge in [0.2, 0.25) is 0 Å². The van der Waals surface area contributed by atoms with Gasteiger partial charge in [-0.15, -0.1) is 5.01 Å². The van der Waals surface area contributed by atoms with Crippen LogP contribution in [0.15, 0.2) is 12.1 Å². The Balaban J connectivity index is 3.03. The maximum atomic E-state index is 12.6. The number of benzene rings is 1. The van der Waals surface area contributed by atoms with E-state index >= 15 is 0 Å². The third kappa shape index (κ3) is 6.27. The number of hydrogen-bond acceptors (Lipinski definition) is 5. The highest BCUT2D eigenvalue weighted by molar-refractivity contribution is 6.00. The summed E-state index contributed by atoms with van der Waals surface area (Å²) in [7, 11) is 0. The lowest BCUT2D eigenvalue weighted by Crippen LogP contribution is -2.52. The minimum absolute atomic E-state index is 0.414. The standard InChI is InChI=1S/C18H27N3O5/c1-10(2)25-17(23)20-21(18(24)26-11(3)4)16(22)19-15-13(6)8-12(5)9-14(15)7/h8-11H,1-7H3,(H,19,22)(H,20,23). The van der Waals surface area contributed by atoms with E-state index in [2.05, 4.69) is 10.7 Å². The Hall–Kier alpha value is -2.77. The highest BCUT2D eigenvalue weighted by Gasteiger charge is 2.28. The largest absolute Gasteiger partial charge is 0.446 e. The summed E-state index contributed by atoms with van der Waals surface area (Å²) in [6.07, 6.45) is -2.83. The number of urea groups is 1. The summed E-state index contributed by atoms with van der Waals surface area (Å²) in [6, 6.07) is 2.95. The molecule has 0 aliphatic heterocycles. The summed E-state index contributed by atoms with van der Waals surface area (Å²) in [5, 5.41) is 3.10. The summed E-state index contributed by atoms with van der Waals surface area (Å²) < 4.78 is 9.93. The van der Waals surface area contributed by atoms with Crippen molar-refractivity contribution in [2.75, 3.05) is 5.32 Å². The van der Waals surface area contributed by atoms with Crippen molar-refractivity contribution < 1.29 is 23.9 Å². The van der Waals surface area contributed by atoms with Crippen LogP contribution < -0.4 is 10.7 Å². The Kier molecular flexibility index (Phi) is 7.42. The summed E-state index contributed by atoms with van der Waals surface area (Å²) in [5.41, 5.74) is 5.38. The fraction of sp³-hybridized carbons (Fsp3) is 0.500. The van der Waals surface area contributed by atoms with Crippen LogP contribution in [0.4, 0.5) is 20.1 Å². The van der Waals surface area contributed by atoms with E-state index in [1.165, 1.54) is 0 Å². The first-order valence-corrected chi connectivity index (χ1v) is 8.38. The second-order valence-electron chi connectivity index (χ2n) is 6.54. The SMILES string of the molecule is Cc1cc(C)c(NC(=O)N(NC(=O)OC(C)C)C(=O)OC(C)C)c(C)c1. The number of aryl methyl sites for hydroxylation is 3. The zero-order valence-corrected chi connectivity index (χ0v) is 16.3. The Morgan fingerprint density at radius 3 is 1.88 bits per heavy atom. The lowest BCUT2D eigenvalue weighted by atomic mass is 10.1. The molecule has 0 fully saturated rings. The van der Waals surface area contributed by atoms with E-state index in [0.717, 1.165) is 16.7 Å². The Bertz CT molecular complexity index is 662. The number of carbonyl (C=O) groups is 3. The van der Waals surface area contributed by atoms with Crippen LogP contribution in [0, 0.1) is 20.8 Å². The van der Waals surface area contributed by atoms with Crippen molar-refractivity contribution >= 4 is 23.9 Å². The molecule has 0 atom stereocenters. The highest BCUT2D eigenvalue weighted by atomic mass is 16.6. The first-order chi connectivity index (χ1) is 12.0. The van der Waals surface area contributed by atoms with Crippen molar-refractivity contribution in [2.24, 2.45) is 0 Å². The van der Waals surface area contributed by atoms with Crippen LogP contribution in [0.3, 0.4) is 0 Å². The number of carbonyl (C=O) groups excluding carboxylic acids is 3. The number of imide groups is 1. The van der Waals surface area contributed by atoms with Gasteiger partial charge in [-0.1, -0.05) is 17.7 Å². The molecule has 0 saturated carbocycles. The molecule has 8 heteroatoms. The maximum Gasteiger partial charge on any atom is 0.437 e. The third-order valence-electron chi connectivity index (χ3n) is 3.18. The van der Waals surface area contributed by atoms with E-state index in [4.69, 9.17) is 9.47 Å². The quantitative estimate of drug-likeness (QED) is 0.788. The minimum Gasteiger partial charge on any atom is -0.446 e. The van der Waals surface area contributed by atoms with Crippen LogP contribution in [0.5, 0.6) is 0 Å². The molecule has 1 aromatic rings. The predicted octanol–water partition coefficient (Wildman–Crippen LogP) is 4.04. The fourth-order valence-electron chi connectivity index (χ4n) is 2.31. The summed E-state index contributed by atoms with van der Waals surface area (Å²) in [4.78, 5) is 36.6. The van der Waals surface area contributed by atoms with Crippen molar-refractivity contribution in [2.45, 2.75) is 60.7 Å². The number of amides is 4. The molecule has 0 heterocycles. The second-order valence-corrected chi connectivity index (χ2v) is 6.54. The van der Waals surface area contributed by atoms with Crippen LogP contribution >= 0.6 is 0 Å². The molecule has 144 valence electrons. The van der Waals surface area contributed by atoms with E-state index in [1.54, 1.807) is 27.7 Å². The lowest BCUT2D eigenvalue weighted by Gasteiger charge is -2.23. The molecule has 0 spiro atoms. The Morgan fingerprint density at radius 2 is 1.42 bits per heavy atom. The topological polar surface area (TPSA) is 97.0 Å². The van der Waals surface area contributed by atoms with Gasteiger partial charge in [0.05, 0.1) is 12.2 Å². The number of nitrogens with one attached hydrogen (secondary N) is 2. The van der Waals surface area contributed by atoms with Crippen molar-refractivity contribution in [1.82, 2.24) is 10.4 Å². The molecule has 0 saturated heterocycles. The molecular formula is C18H27N3O5. The predicted molar refractivity (Wildman–Crippen MR) is 97.9 cm³/mol. The normalized spacial score (nSPS) is 10.5. The van der Waals surface area contributed by atoms with Gasteiger partial charge in [0, 0.05) is 5.69 Å². The molecule has 1 aromatic carbocycles. The van der Waals surface area contributed by atoms with Gasteiger partial charge in [0.25, 0.3) is 0 Å². The van der Waals surface area contributed by atoms with Crippen molar-refractivity contribution in [3.63, 3.8) is 0 Å². The molecule has 0 aromatic heterocycles. The zero-order valence-electron chi connectivity index (χ0n) is 16.3. The van der Waals surface area contributed by atoms with Gasteiger partial charge in [-0.25, -0.2) is 19.8 Å². The molecule has 0 aliphatic carbocycles. The smallest absolute Gasteiger partial charge is 0.437 e. The maximum absolute atomic E-state index is 12.6. The van der Waals surface area contributed by atoms with Crippen LogP contribution in [-0.2, 0) is 9.47 Å². The Labute approximate surface area is 153 Å². The molecule has 2 N–H and O–H groups in total. The number of ether oxygens (including phenoxy) is 2. The third-order valence-corrected chi connectivity index (χ3v) is 3.18. The molecule has 8 nitrogen and oxygen atoms in total. The van der Waals surface area contributed by atoms with Gasteiger partial charge < -0.3 is 14.8 Å². The van der Waals surface area contributed by atoms with E-state index in [1.807, 2.05) is 32.9 Å². The number of rotatable bonds is 3. The van der Waals surface area contributed by atoms with Gasteiger partial charge in [-0.2, -0.15) is 0 Å². The van der Waals surface area contributed by atoms with Gasteiger partial charge >= 0.3 is 18.2 Å². The van der Waals surface area contributed by atoms with E-state index in [-0.39, 0.29) is 0 Å². The summed E-state index contributed by atoms with van der Waals surface area (Å²) in [5.74, 6) is 0. The number of hydrogen-bond donors (Lipinski definition) is 2. The van der Waals surface area contributed by atoms with E-state index in [0.29, 0.717) is 10.7 Å². The summed E-state index contributed by atoms with van der Waals surface area (Å²) >= 11 is 0. The molecule has 1 rings (SSSR count). The first-order valence-electron chi connectivity index (χ1n) is 8.38. The Morgan fingerprint density at radius 1 is 0.923 bits per heavy atom. The van der Waals surface area contributed by atoms with Gasteiger partial charge in [-0.05, 0) is 59.6 Å². The second kappa shape index (κ2) is 9.07. The molecule has 0 unspecified atom stereocenters. The number of anilines is 1. The van der Waals surface area contributed by atoms with Gasteiger partial charge in [0.1, 0.15) is 0 Å².